The van der Waals surface area contributed by atoms with E-state index in [9.17, 15) is 14.0 Å². The summed E-state index contributed by atoms with van der Waals surface area (Å²) >= 11 is 12.3. The number of thiocarbonyl (C=S) groups is 1. The molecule has 13 heteroatoms. The number of carbonyl (C=O) groups is 2. The van der Waals surface area contributed by atoms with Crippen molar-refractivity contribution in [3.8, 4) is 11.5 Å². The van der Waals surface area contributed by atoms with Crippen LogP contribution < -0.4 is 14.4 Å². The van der Waals surface area contributed by atoms with E-state index in [2.05, 4.69) is 15.2 Å². The van der Waals surface area contributed by atoms with E-state index >= 15 is 0 Å². The molecule has 1 aromatic heterocycles. The summed E-state index contributed by atoms with van der Waals surface area (Å²) in [6, 6.07) is 9.48. The number of thioether (sulfide) groups is 1. The van der Waals surface area contributed by atoms with Crippen molar-refractivity contribution in [2.75, 3.05) is 25.6 Å². The van der Waals surface area contributed by atoms with Crippen LogP contribution in [0.3, 0.4) is 0 Å². The molecule has 0 spiro atoms. The SMILES string of the molecule is COc1cc(/C=C2\SC(=S)N(CC(=O)N(C)c3ccc(Cl)cc3)C2=O)cc(F)c1OCc1ncn[nH]1. The highest BCUT2D eigenvalue weighted by molar-refractivity contribution is 8.26. The van der Waals surface area contributed by atoms with Crippen LogP contribution >= 0.6 is 35.6 Å². The molecule has 3 aromatic rings. The van der Waals surface area contributed by atoms with Gasteiger partial charge in [0.15, 0.2) is 23.1 Å². The van der Waals surface area contributed by atoms with Crippen LogP contribution in [0.15, 0.2) is 47.6 Å². The van der Waals surface area contributed by atoms with Crippen molar-refractivity contribution in [2.45, 2.75) is 6.61 Å². The first-order valence-electron chi connectivity index (χ1n) is 10.4. The minimum atomic E-state index is -0.685. The maximum Gasteiger partial charge on any atom is 0.266 e. The molecule has 2 heterocycles. The van der Waals surface area contributed by atoms with Gasteiger partial charge in [0, 0.05) is 17.8 Å². The van der Waals surface area contributed by atoms with Crippen molar-refractivity contribution < 1.29 is 23.5 Å². The van der Waals surface area contributed by atoms with Gasteiger partial charge in [0.1, 0.15) is 23.8 Å². The number of carbonyl (C=O) groups excluding carboxylic acids is 2. The molecule has 1 saturated heterocycles. The lowest BCUT2D eigenvalue weighted by Crippen LogP contribution is -2.40. The molecule has 0 bridgehead atoms. The zero-order valence-corrected chi connectivity index (χ0v) is 21.4. The van der Waals surface area contributed by atoms with Gasteiger partial charge in [-0.1, -0.05) is 35.6 Å². The zero-order valence-electron chi connectivity index (χ0n) is 19.0. The van der Waals surface area contributed by atoms with Crippen molar-refractivity contribution in [1.82, 2.24) is 20.1 Å². The molecule has 1 N–H and O–H groups in total. The molecule has 0 saturated carbocycles. The molecular formula is C23H19ClFN5O4S2. The highest BCUT2D eigenvalue weighted by atomic mass is 35.5. The van der Waals surface area contributed by atoms with Gasteiger partial charge in [-0.3, -0.25) is 19.6 Å². The molecule has 0 unspecified atom stereocenters. The summed E-state index contributed by atoms with van der Waals surface area (Å²) in [6.45, 7) is -0.281. The van der Waals surface area contributed by atoms with E-state index in [1.165, 1.54) is 41.4 Å². The van der Waals surface area contributed by atoms with Crippen molar-refractivity contribution in [3.63, 3.8) is 0 Å². The summed E-state index contributed by atoms with van der Waals surface area (Å²) in [4.78, 5) is 32.6. The maximum absolute atomic E-state index is 14.8. The smallest absolute Gasteiger partial charge is 0.266 e. The van der Waals surface area contributed by atoms with Crippen LogP contribution in [0.25, 0.3) is 6.08 Å². The zero-order chi connectivity index (χ0) is 25.8. The second-order valence-corrected chi connectivity index (χ2v) is 9.56. The van der Waals surface area contributed by atoms with Gasteiger partial charge in [-0.25, -0.2) is 9.37 Å². The first-order valence-corrected chi connectivity index (χ1v) is 12.0. The summed E-state index contributed by atoms with van der Waals surface area (Å²) in [6.07, 6.45) is 2.80. The molecule has 36 heavy (non-hydrogen) atoms. The number of methoxy groups -OCH3 is 1. The number of halogens is 2. The van der Waals surface area contributed by atoms with Gasteiger partial charge in [0.05, 0.1) is 12.0 Å². The van der Waals surface area contributed by atoms with Gasteiger partial charge in [-0.2, -0.15) is 5.10 Å². The Hall–Kier alpha value is -3.48. The largest absolute Gasteiger partial charge is 0.493 e. The van der Waals surface area contributed by atoms with Gasteiger partial charge in [0.2, 0.25) is 5.91 Å². The van der Waals surface area contributed by atoms with E-state index in [0.29, 0.717) is 22.1 Å². The van der Waals surface area contributed by atoms with Crippen LogP contribution in [0.2, 0.25) is 5.02 Å². The number of nitrogens with one attached hydrogen (secondary N) is 1. The Balaban J connectivity index is 1.48. The van der Waals surface area contributed by atoms with E-state index < -0.39 is 11.7 Å². The molecule has 1 aliphatic rings. The van der Waals surface area contributed by atoms with E-state index in [1.807, 2.05) is 0 Å². The van der Waals surface area contributed by atoms with Gasteiger partial charge in [-0.05, 0) is 48.0 Å². The second-order valence-electron chi connectivity index (χ2n) is 7.45. The number of hydrogen-bond acceptors (Lipinski definition) is 8. The summed E-state index contributed by atoms with van der Waals surface area (Å²) < 4.78 is 25.8. The Morgan fingerprint density at radius 1 is 1.33 bits per heavy atom. The summed E-state index contributed by atoms with van der Waals surface area (Å²) in [5.41, 5.74) is 0.986. The average Bonchev–Trinajstić information content (AvgIpc) is 3.47. The third kappa shape index (κ3) is 5.66. The van der Waals surface area contributed by atoms with Crippen LogP contribution in [-0.4, -0.2) is 56.9 Å². The standard InChI is InChI=1S/C23H19ClFN5O4S2/c1-29(15-5-3-14(24)4-6-15)20(31)10-30-22(32)18(36-23(30)35)9-13-7-16(25)21(17(8-13)33-2)34-11-19-26-12-27-28-19/h3-9,12H,10-11H2,1-2H3,(H,26,27,28)/b18-9-. The number of H-pyrrole nitrogens is 1. The van der Waals surface area contributed by atoms with Crippen molar-refractivity contribution in [1.29, 1.82) is 0 Å². The molecule has 1 aliphatic heterocycles. The number of rotatable bonds is 8. The normalized spacial score (nSPS) is 14.4. The molecule has 9 nitrogen and oxygen atoms in total. The molecule has 2 amide bonds. The summed E-state index contributed by atoms with van der Waals surface area (Å²) in [5, 5.41) is 6.88. The number of likely N-dealkylation sites (N-methyl/N-ethyl adjacent to an activating group) is 1. The number of aromatic amines is 1. The fourth-order valence-electron chi connectivity index (χ4n) is 3.24. The predicted molar refractivity (Wildman–Crippen MR) is 138 cm³/mol. The number of benzene rings is 2. The minimum Gasteiger partial charge on any atom is -0.493 e. The molecule has 0 aliphatic carbocycles. The molecule has 1 fully saturated rings. The predicted octanol–water partition coefficient (Wildman–Crippen LogP) is 4.05. The van der Waals surface area contributed by atoms with Gasteiger partial charge < -0.3 is 14.4 Å². The van der Waals surface area contributed by atoms with Crippen molar-refractivity contribution >= 4 is 63.5 Å². The Bertz CT molecular complexity index is 1340. The maximum atomic E-state index is 14.8. The average molecular weight is 548 g/mol. The first kappa shape index (κ1) is 25.6. The molecule has 4 rings (SSSR count). The van der Waals surface area contributed by atoms with Crippen LogP contribution in [0.5, 0.6) is 11.5 Å². The Labute approximate surface area is 220 Å². The topological polar surface area (TPSA) is 101 Å². The van der Waals surface area contributed by atoms with Crippen molar-refractivity contribution in [2.24, 2.45) is 0 Å². The third-order valence-corrected chi connectivity index (χ3v) is 6.75. The molecule has 2 aromatic carbocycles. The molecular weight excluding hydrogens is 529 g/mol. The number of anilines is 1. The quantitative estimate of drug-likeness (QED) is 0.333. The highest BCUT2D eigenvalue weighted by Gasteiger charge is 2.34. The number of hydrogen-bond donors (Lipinski definition) is 1. The van der Waals surface area contributed by atoms with Crippen LogP contribution in [0, 0.1) is 5.82 Å². The Morgan fingerprint density at radius 2 is 2.08 bits per heavy atom. The van der Waals surface area contributed by atoms with Gasteiger partial charge in [-0.15, -0.1) is 0 Å². The van der Waals surface area contributed by atoms with E-state index in [0.717, 1.165) is 11.8 Å². The fraction of sp³-hybridized carbons (Fsp3) is 0.174. The van der Waals surface area contributed by atoms with Gasteiger partial charge >= 0.3 is 0 Å². The highest BCUT2D eigenvalue weighted by Crippen LogP contribution is 2.36. The third-order valence-electron chi connectivity index (χ3n) is 5.12. The number of amides is 2. The van der Waals surface area contributed by atoms with Gasteiger partial charge in [0.25, 0.3) is 5.91 Å². The molecule has 0 atom stereocenters. The fourth-order valence-corrected chi connectivity index (χ4v) is 4.62. The minimum absolute atomic E-state index is 0.0379. The monoisotopic (exact) mass is 547 g/mol. The lowest BCUT2D eigenvalue weighted by Gasteiger charge is -2.21. The van der Waals surface area contributed by atoms with E-state index in [1.54, 1.807) is 31.3 Å². The number of aromatic nitrogens is 3. The number of ether oxygens (including phenoxy) is 2. The van der Waals surface area contributed by atoms with Crippen LogP contribution in [0.4, 0.5) is 10.1 Å². The summed E-state index contributed by atoms with van der Waals surface area (Å²) in [5.74, 6) is -1.02. The van der Waals surface area contributed by atoms with E-state index in [4.69, 9.17) is 33.3 Å². The second kappa shape index (κ2) is 11.1. The lowest BCUT2D eigenvalue weighted by atomic mass is 10.1. The van der Waals surface area contributed by atoms with Crippen LogP contribution in [-0.2, 0) is 16.2 Å². The lowest BCUT2D eigenvalue weighted by molar-refractivity contribution is -0.127. The molecule has 0 radical (unpaired) electrons. The van der Waals surface area contributed by atoms with E-state index in [-0.39, 0.29) is 39.8 Å². The van der Waals surface area contributed by atoms with Crippen molar-refractivity contribution in [3.05, 3.63) is 69.9 Å². The Kier molecular flexibility index (Phi) is 7.87. The van der Waals surface area contributed by atoms with Crippen LogP contribution in [0.1, 0.15) is 11.4 Å². The number of nitrogens with zero attached hydrogens (tertiary/aromatic N) is 4. The summed E-state index contributed by atoms with van der Waals surface area (Å²) in [7, 11) is 2.97. The Morgan fingerprint density at radius 3 is 2.75 bits per heavy atom. The first-order chi connectivity index (χ1) is 17.3. The molecule has 186 valence electrons.